The summed E-state index contributed by atoms with van der Waals surface area (Å²) in [6.45, 7) is 2.36. The Kier molecular flexibility index (Phi) is 5.10. The third-order valence-electron chi connectivity index (χ3n) is 5.09. The Balaban J connectivity index is 1.29. The lowest BCUT2D eigenvalue weighted by atomic mass is 10.0. The lowest BCUT2D eigenvalue weighted by molar-refractivity contribution is 0.0631. The van der Waals surface area contributed by atoms with Gasteiger partial charge in [0, 0.05) is 26.2 Å². The molecule has 0 bridgehead atoms. The van der Waals surface area contributed by atoms with E-state index in [4.69, 9.17) is 13.9 Å². The highest BCUT2D eigenvalue weighted by Gasteiger charge is 2.28. The number of urea groups is 1. The number of rotatable bonds is 3. The lowest BCUT2D eigenvalue weighted by Gasteiger charge is -2.35. The maximum atomic E-state index is 12.6. The number of benzene rings is 1. The monoisotopic (exact) mass is 385 g/mol. The zero-order chi connectivity index (χ0) is 19.5. The minimum Gasteiger partial charge on any atom is -0.497 e. The van der Waals surface area contributed by atoms with Crippen molar-refractivity contribution >= 4 is 11.9 Å². The van der Waals surface area contributed by atoms with Crippen LogP contribution in [0.25, 0.3) is 0 Å². The summed E-state index contributed by atoms with van der Waals surface area (Å²) < 4.78 is 16.2. The Labute approximate surface area is 163 Å². The van der Waals surface area contributed by atoms with E-state index in [0.717, 1.165) is 17.1 Å². The van der Waals surface area contributed by atoms with Crippen molar-refractivity contribution in [3.8, 4) is 11.5 Å². The van der Waals surface area contributed by atoms with Crippen LogP contribution in [0.2, 0.25) is 0 Å². The number of furan rings is 1. The predicted molar refractivity (Wildman–Crippen MR) is 101 cm³/mol. The van der Waals surface area contributed by atoms with Crippen LogP contribution in [0.3, 0.4) is 0 Å². The zero-order valence-electron chi connectivity index (χ0n) is 15.7. The van der Waals surface area contributed by atoms with Crippen molar-refractivity contribution in [1.82, 2.24) is 15.1 Å². The van der Waals surface area contributed by atoms with E-state index in [1.165, 1.54) is 6.26 Å². The molecule has 2 aliphatic rings. The quantitative estimate of drug-likeness (QED) is 0.870. The number of carbonyl (C=O) groups is 2. The SMILES string of the molecule is COc1ccc2c(c1)C[C@H](NC(=O)N1CCN(C(=O)c3ccco3)CC1)CO2. The second kappa shape index (κ2) is 7.84. The van der Waals surface area contributed by atoms with Crippen molar-refractivity contribution in [3.63, 3.8) is 0 Å². The summed E-state index contributed by atoms with van der Waals surface area (Å²) in [5, 5.41) is 3.04. The van der Waals surface area contributed by atoms with Crippen molar-refractivity contribution in [1.29, 1.82) is 0 Å². The van der Waals surface area contributed by atoms with E-state index in [-0.39, 0.29) is 18.0 Å². The molecule has 0 aliphatic carbocycles. The second-order valence-electron chi connectivity index (χ2n) is 6.89. The third-order valence-corrected chi connectivity index (χ3v) is 5.09. The molecule has 0 unspecified atom stereocenters. The number of amides is 3. The molecular weight excluding hydrogens is 362 g/mol. The van der Waals surface area contributed by atoms with Crippen LogP contribution in [0.4, 0.5) is 4.79 Å². The molecule has 1 atom stereocenters. The average molecular weight is 385 g/mol. The molecule has 2 aromatic rings. The van der Waals surface area contributed by atoms with Gasteiger partial charge < -0.3 is 29.0 Å². The average Bonchev–Trinajstić information content (AvgIpc) is 3.27. The fourth-order valence-corrected chi connectivity index (χ4v) is 3.53. The van der Waals surface area contributed by atoms with E-state index in [0.29, 0.717) is 45.0 Å². The van der Waals surface area contributed by atoms with Crippen LogP contribution in [-0.2, 0) is 6.42 Å². The lowest BCUT2D eigenvalue weighted by Crippen LogP contribution is -2.55. The number of nitrogens with zero attached hydrogens (tertiary/aromatic N) is 2. The van der Waals surface area contributed by atoms with Gasteiger partial charge in [0.1, 0.15) is 18.1 Å². The summed E-state index contributed by atoms with van der Waals surface area (Å²) in [6.07, 6.45) is 2.17. The molecule has 148 valence electrons. The number of fused-ring (bicyclic) bond motifs is 1. The fraction of sp³-hybridized carbons (Fsp3) is 0.400. The molecule has 3 heterocycles. The summed E-state index contributed by atoms with van der Waals surface area (Å²) >= 11 is 0. The minimum atomic E-state index is -0.142. The van der Waals surface area contributed by atoms with Crippen molar-refractivity contribution in [2.24, 2.45) is 0 Å². The maximum Gasteiger partial charge on any atom is 0.317 e. The van der Waals surface area contributed by atoms with E-state index in [9.17, 15) is 9.59 Å². The highest BCUT2D eigenvalue weighted by atomic mass is 16.5. The van der Waals surface area contributed by atoms with Gasteiger partial charge in [-0.15, -0.1) is 0 Å². The van der Waals surface area contributed by atoms with Gasteiger partial charge in [0.05, 0.1) is 19.4 Å². The molecule has 8 nitrogen and oxygen atoms in total. The summed E-state index contributed by atoms with van der Waals surface area (Å²) in [5.74, 6) is 1.78. The molecule has 0 radical (unpaired) electrons. The molecule has 1 aromatic heterocycles. The molecule has 1 N–H and O–H groups in total. The van der Waals surface area contributed by atoms with Crippen LogP contribution in [0, 0.1) is 0 Å². The van der Waals surface area contributed by atoms with Gasteiger partial charge in [-0.05, 0) is 42.3 Å². The Hall–Kier alpha value is -3.16. The Morgan fingerprint density at radius 2 is 1.93 bits per heavy atom. The van der Waals surface area contributed by atoms with E-state index >= 15 is 0 Å². The van der Waals surface area contributed by atoms with Crippen molar-refractivity contribution in [2.75, 3.05) is 39.9 Å². The van der Waals surface area contributed by atoms with Crippen LogP contribution in [0.5, 0.6) is 11.5 Å². The van der Waals surface area contributed by atoms with Gasteiger partial charge in [0.2, 0.25) is 0 Å². The summed E-state index contributed by atoms with van der Waals surface area (Å²) in [5.41, 5.74) is 1.02. The minimum absolute atomic E-state index is 0.102. The number of hydrogen-bond acceptors (Lipinski definition) is 5. The van der Waals surface area contributed by atoms with Crippen molar-refractivity contribution in [2.45, 2.75) is 12.5 Å². The normalized spacial score (nSPS) is 18.8. The number of carbonyl (C=O) groups excluding carboxylic acids is 2. The molecule has 0 saturated carbocycles. The van der Waals surface area contributed by atoms with Crippen LogP contribution in [-0.4, -0.2) is 67.7 Å². The molecule has 2 aliphatic heterocycles. The number of nitrogens with one attached hydrogen (secondary N) is 1. The molecule has 1 saturated heterocycles. The van der Waals surface area contributed by atoms with Crippen LogP contribution >= 0.6 is 0 Å². The van der Waals surface area contributed by atoms with Crippen LogP contribution in [0.15, 0.2) is 41.0 Å². The Morgan fingerprint density at radius 3 is 2.64 bits per heavy atom. The Bertz CT molecular complexity index is 844. The highest BCUT2D eigenvalue weighted by molar-refractivity contribution is 5.91. The molecule has 3 amide bonds. The van der Waals surface area contributed by atoms with Gasteiger partial charge in [-0.2, -0.15) is 0 Å². The summed E-state index contributed by atoms with van der Waals surface area (Å²) in [6, 6.07) is 8.80. The topological polar surface area (TPSA) is 84.3 Å². The number of ether oxygens (including phenoxy) is 2. The molecule has 8 heteroatoms. The third kappa shape index (κ3) is 3.76. The highest BCUT2D eigenvalue weighted by Crippen LogP contribution is 2.28. The number of hydrogen-bond donors (Lipinski definition) is 1. The van der Waals surface area contributed by atoms with Gasteiger partial charge >= 0.3 is 6.03 Å². The smallest absolute Gasteiger partial charge is 0.317 e. The van der Waals surface area contributed by atoms with Gasteiger partial charge in [-0.1, -0.05) is 0 Å². The van der Waals surface area contributed by atoms with E-state index < -0.39 is 0 Å². The van der Waals surface area contributed by atoms with Gasteiger partial charge in [0.15, 0.2) is 5.76 Å². The Morgan fingerprint density at radius 1 is 1.14 bits per heavy atom. The summed E-state index contributed by atoms with van der Waals surface area (Å²) in [7, 11) is 1.63. The standard InChI is InChI=1S/C20H23N3O5/c1-26-16-4-5-17-14(12-16)11-15(13-28-17)21-20(25)23-8-6-22(7-9-23)19(24)18-3-2-10-27-18/h2-5,10,12,15H,6-9,11,13H2,1H3,(H,21,25)/t15-/m0/s1. The van der Waals surface area contributed by atoms with Crippen molar-refractivity contribution in [3.05, 3.63) is 47.9 Å². The summed E-state index contributed by atoms with van der Waals surface area (Å²) in [4.78, 5) is 28.4. The van der Waals surface area contributed by atoms with Crippen molar-refractivity contribution < 1.29 is 23.5 Å². The first-order chi connectivity index (χ1) is 13.6. The first-order valence-corrected chi connectivity index (χ1v) is 9.32. The van der Waals surface area contributed by atoms with Gasteiger partial charge in [-0.3, -0.25) is 4.79 Å². The van der Waals surface area contributed by atoms with E-state index in [1.807, 2.05) is 18.2 Å². The molecule has 28 heavy (non-hydrogen) atoms. The van der Waals surface area contributed by atoms with Gasteiger partial charge in [0.25, 0.3) is 5.91 Å². The first kappa shape index (κ1) is 18.2. The molecule has 0 spiro atoms. The van der Waals surface area contributed by atoms with Gasteiger partial charge in [-0.25, -0.2) is 4.79 Å². The largest absolute Gasteiger partial charge is 0.497 e. The number of piperazine rings is 1. The van der Waals surface area contributed by atoms with E-state index in [1.54, 1.807) is 29.0 Å². The first-order valence-electron chi connectivity index (χ1n) is 9.32. The molecular formula is C20H23N3O5. The van der Waals surface area contributed by atoms with E-state index in [2.05, 4.69) is 5.32 Å². The molecule has 1 fully saturated rings. The van der Waals surface area contributed by atoms with Crippen LogP contribution < -0.4 is 14.8 Å². The van der Waals surface area contributed by atoms with Crippen LogP contribution in [0.1, 0.15) is 16.1 Å². The molecule has 1 aromatic carbocycles. The second-order valence-corrected chi connectivity index (χ2v) is 6.89. The molecule has 4 rings (SSSR count). The predicted octanol–water partition coefficient (Wildman–Crippen LogP) is 1.76. The fourth-order valence-electron chi connectivity index (χ4n) is 3.53. The number of methoxy groups -OCH3 is 1. The zero-order valence-corrected chi connectivity index (χ0v) is 15.7. The maximum absolute atomic E-state index is 12.6.